The standard InChI is InChI=1S/C22H29NO5S/c1-14(24)18-7-8-19(29-18)22(9-5-6-10-22)13-23-21(25)15-11-16(26-2)20(28-4)17(12-15)27-3/h7-8,11-12,14,24H,5-6,9-10,13H2,1-4H3,(H,23,25). The minimum Gasteiger partial charge on any atom is -0.493 e. The third-order valence-corrected chi connectivity index (χ3v) is 7.14. The highest BCUT2D eigenvalue weighted by molar-refractivity contribution is 7.12. The lowest BCUT2D eigenvalue weighted by Gasteiger charge is -2.28. The monoisotopic (exact) mass is 419 g/mol. The molecule has 1 fully saturated rings. The Hall–Kier alpha value is -2.25. The second-order valence-corrected chi connectivity index (χ2v) is 8.58. The average molecular weight is 420 g/mol. The maximum absolute atomic E-state index is 12.9. The van der Waals surface area contributed by atoms with Gasteiger partial charge in [0.05, 0.1) is 27.4 Å². The van der Waals surface area contributed by atoms with Gasteiger partial charge in [-0.05, 0) is 44.0 Å². The third-order valence-electron chi connectivity index (χ3n) is 5.64. The Morgan fingerprint density at radius 1 is 1.14 bits per heavy atom. The van der Waals surface area contributed by atoms with E-state index in [1.54, 1.807) is 30.4 Å². The number of hydrogen-bond donors (Lipinski definition) is 2. The van der Waals surface area contributed by atoms with E-state index < -0.39 is 6.10 Å². The Bertz CT molecular complexity index is 830. The van der Waals surface area contributed by atoms with Crippen LogP contribution in [0, 0.1) is 0 Å². The summed E-state index contributed by atoms with van der Waals surface area (Å²) in [5.74, 6) is 1.19. The predicted molar refractivity (Wildman–Crippen MR) is 114 cm³/mol. The summed E-state index contributed by atoms with van der Waals surface area (Å²) in [6.07, 6.45) is 3.87. The summed E-state index contributed by atoms with van der Waals surface area (Å²) in [5.41, 5.74) is 0.386. The Morgan fingerprint density at radius 3 is 2.24 bits per heavy atom. The van der Waals surface area contributed by atoms with Crippen molar-refractivity contribution in [3.8, 4) is 17.2 Å². The van der Waals surface area contributed by atoms with E-state index in [2.05, 4.69) is 11.4 Å². The summed E-state index contributed by atoms with van der Waals surface area (Å²) in [6.45, 7) is 2.34. The fourth-order valence-electron chi connectivity index (χ4n) is 3.99. The maximum atomic E-state index is 12.9. The predicted octanol–water partition coefficient (Wildman–Crippen LogP) is 4.07. The molecule has 0 bridgehead atoms. The van der Waals surface area contributed by atoms with Crippen molar-refractivity contribution in [1.82, 2.24) is 5.32 Å². The highest BCUT2D eigenvalue weighted by Gasteiger charge is 2.37. The summed E-state index contributed by atoms with van der Waals surface area (Å²) >= 11 is 1.64. The lowest BCUT2D eigenvalue weighted by atomic mass is 9.84. The molecule has 1 unspecified atom stereocenters. The topological polar surface area (TPSA) is 77.0 Å². The van der Waals surface area contributed by atoms with Gasteiger partial charge in [-0.1, -0.05) is 12.8 Å². The summed E-state index contributed by atoms with van der Waals surface area (Å²) in [6, 6.07) is 7.42. The number of thiophene rings is 1. The van der Waals surface area contributed by atoms with Crippen LogP contribution in [0.2, 0.25) is 0 Å². The molecule has 1 amide bonds. The van der Waals surface area contributed by atoms with Gasteiger partial charge in [-0.25, -0.2) is 0 Å². The second-order valence-electron chi connectivity index (χ2n) is 7.46. The fraction of sp³-hybridized carbons (Fsp3) is 0.500. The molecule has 0 radical (unpaired) electrons. The highest BCUT2D eigenvalue weighted by Crippen LogP contribution is 2.44. The number of methoxy groups -OCH3 is 3. The third kappa shape index (κ3) is 4.36. The van der Waals surface area contributed by atoms with Crippen LogP contribution in [0.15, 0.2) is 24.3 Å². The van der Waals surface area contributed by atoms with Gasteiger partial charge >= 0.3 is 0 Å². The molecule has 6 nitrogen and oxygen atoms in total. The molecular weight excluding hydrogens is 390 g/mol. The van der Waals surface area contributed by atoms with Crippen molar-refractivity contribution in [1.29, 1.82) is 0 Å². The number of aliphatic hydroxyl groups excluding tert-OH is 1. The number of nitrogens with one attached hydrogen (secondary N) is 1. The van der Waals surface area contributed by atoms with Crippen molar-refractivity contribution >= 4 is 17.2 Å². The quantitative estimate of drug-likeness (QED) is 0.675. The number of carbonyl (C=O) groups excluding carboxylic acids is 1. The number of hydrogen-bond acceptors (Lipinski definition) is 6. The molecule has 1 atom stereocenters. The van der Waals surface area contributed by atoms with E-state index >= 15 is 0 Å². The van der Waals surface area contributed by atoms with Crippen LogP contribution in [0.4, 0.5) is 0 Å². The normalized spacial score (nSPS) is 16.3. The lowest BCUT2D eigenvalue weighted by molar-refractivity contribution is 0.0942. The molecular formula is C22H29NO5S. The zero-order valence-corrected chi connectivity index (χ0v) is 18.2. The number of aliphatic hydroxyl groups is 1. The first-order chi connectivity index (χ1) is 13.9. The summed E-state index contributed by atoms with van der Waals surface area (Å²) in [4.78, 5) is 15.1. The molecule has 1 saturated carbocycles. The minimum absolute atomic E-state index is 0.0753. The molecule has 0 saturated heterocycles. The lowest BCUT2D eigenvalue weighted by Crippen LogP contribution is -2.38. The smallest absolute Gasteiger partial charge is 0.251 e. The molecule has 0 spiro atoms. The Labute approximate surface area is 175 Å². The summed E-state index contributed by atoms with van der Waals surface area (Å²) in [7, 11) is 4.60. The average Bonchev–Trinajstić information content (AvgIpc) is 3.41. The van der Waals surface area contributed by atoms with Crippen LogP contribution in [-0.4, -0.2) is 38.9 Å². The van der Waals surface area contributed by atoms with Crippen LogP contribution in [0.25, 0.3) is 0 Å². The number of carbonyl (C=O) groups is 1. The first-order valence-corrected chi connectivity index (χ1v) is 10.6. The Morgan fingerprint density at radius 2 is 1.76 bits per heavy atom. The fourth-order valence-corrected chi connectivity index (χ4v) is 5.18. The van der Waals surface area contributed by atoms with E-state index in [9.17, 15) is 9.90 Å². The van der Waals surface area contributed by atoms with E-state index in [1.165, 1.54) is 26.2 Å². The van der Waals surface area contributed by atoms with Crippen LogP contribution in [0.5, 0.6) is 17.2 Å². The van der Waals surface area contributed by atoms with Gasteiger partial charge < -0.3 is 24.6 Å². The maximum Gasteiger partial charge on any atom is 0.251 e. The van der Waals surface area contributed by atoms with Crippen molar-refractivity contribution < 1.29 is 24.1 Å². The zero-order chi connectivity index (χ0) is 21.0. The van der Waals surface area contributed by atoms with Crippen molar-refractivity contribution in [2.45, 2.75) is 44.1 Å². The molecule has 3 rings (SSSR count). The van der Waals surface area contributed by atoms with E-state index in [4.69, 9.17) is 14.2 Å². The van der Waals surface area contributed by atoms with Crippen molar-refractivity contribution in [3.63, 3.8) is 0 Å². The molecule has 1 aliphatic carbocycles. The van der Waals surface area contributed by atoms with Crippen molar-refractivity contribution in [2.75, 3.05) is 27.9 Å². The Kier molecular flexibility index (Phi) is 6.70. The number of benzene rings is 1. The molecule has 0 aliphatic heterocycles. The molecule has 1 heterocycles. The van der Waals surface area contributed by atoms with Crippen LogP contribution in [0.3, 0.4) is 0 Å². The molecule has 2 N–H and O–H groups in total. The first-order valence-electron chi connectivity index (χ1n) is 9.80. The van der Waals surface area contributed by atoms with Gasteiger partial charge in [0.1, 0.15) is 0 Å². The van der Waals surface area contributed by atoms with Crippen molar-refractivity contribution in [3.05, 3.63) is 39.6 Å². The molecule has 1 aromatic heterocycles. The number of amides is 1. The largest absolute Gasteiger partial charge is 0.493 e. The Balaban J connectivity index is 1.81. The zero-order valence-electron chi connectivity index (χ0n) is 17.4. The van der Waals surface area contributed by atoms with Crippen LogP contribution in [-0.2, 0) is 5.41 Å². The minimum atomic E-state index is -0.471. The number of ether oxygens (including phenoxy) is 3. The number of rotatable bonds is 8. The van der Waals surface area contributed by atoms with E-state index in [-0.39, 0.29) is 11.3 Å². The SMILES string of the molecule is COc1cc(C(=O)NCC2(c3ccc(C(C)O)s3)CCCC2)cc(OC)c1OC. The van der Waals surface area contributed by atoms with Crippen LogP contribution >= 0.6 is 11.3 Å². The summed E-state index contributed by atoms with van der Waals surface area (Å²) < 4.78 is 16.0. The van der Waals surface area contributed by atoms with Crippen LogP contribution < -0.4 is 19.5 Å². The second kappa shape index (κ2) is 9.05. The molecule has 158 valence electrons. The van der Waals surface area contributed by atoms with Gasteiger partial charge in [0.2, 0.25) is 5.75 Å². The van der Waals surface area contributed by atoms with Gasteiger partial charge in [0, 0.05) is 27.3 Å². The molecule has 1 aliphatic rings. The highest BCUT2D eigenvalue weighted by atomic mass is 32.1. The molecule has 7 heteroatoms. The van der Waals surface area contributed by atoms with Crippen molar-refractivity contribution in [2.24, 2.45) is 0 Å². The van der Waals surface area contributed by atoms with Gasteiger partial charge in [-0.15, -0.1) is 11.3 Å². The van der Waals surface area contributed by atoms with Crippen LogP contribution in [0.1, 0.15) is 58.8 Å². The molecule has 29 heavy (non-hydrogen) atoms. The molecule has 1 aromatic carbocycles. The van der Waals surface area contributed by atoms with Gasteiger partial charge in [0.15, 0.2) is 11.5 Å². The van der Waals surface area contributed by atoms with Gasteiger partial charge in [-0.2, -0.15) is 0 Å². The van der Waals surface area contributed by atoms with E-state index in [1.807, 2.05) is 6.07 Å². The van der Waals surface area contributed by atoms with Gasteiger partial charge in [0.25, 0.3) is 5.91 Å². The van der Waals surface area contributed by atoms with E-state index in [0.29, 0.717) is 29.4 Å². The molecule has 2 aromatic rings. The first kappa shape index (κ1) is 21.5. The van der Waals surface area contributed by atoms with Gasteiger partial charge in [-0.3, -0.25) is 4.79 Å². The van der Waals surface area contributed by atoms with E-state index in [0.717, 1.165) is 30.6 Å². The summed E-state index contributed by atoms with van der Waals surface area (Å²) in [5, 5.41) is 13.0.